The minimum absolute atomic E-state index is 0.124. The highest BCUT2D eigenvalue weighted by Gasteiger charge is 2.29. The Bertz CT molecular complexity index is 1260. The third-order valence-corrected chi connectivity index (χ3v) is 7.48. The van der Waals surface area contributed by atoms with E-state index in [0.29, 0.717) is 30.1 Å². The van der Waals surface area contributed by atoms with Gasteiger partial charge < -0.3 is 10.1 Å². The van der Waals surface area contributed by atoms with Gasteiger partial charge in [0.25, 0.3) is 0 Å². The predicted octanol–water partition coefficient (Wildman–Crippen LogP) is 4.67. The molecule has 0 aliphatic carbocycles. The van der Waals surface area contributed by atoms with Gasteiger partial charge in [-0.05, 0) is 59.5 Å². The number of carbonyl (C=O) groups is 1. The van der Waals surface area contributed by atoms with Gasteiger partial charge in [-0.15, -0.1) is 0 Å². The lowest BCUT2D eigenvalue weighted by molar-refractivity contribution is -0.111. The fraction of sp³-hybridized carbons (Fsp3) is 0.240. The Labute approximate surface area is 188 Å². The van der Waals surface area contributed by atoms with Gasteiger partial charge in [-0.1, -0.05) is 42.8 Å². The van der Waals surface area contributed by atoms with Crippen molar-refractivity contribution in [2.24, 2.45) is 0 Å². The molecule has 3 aromatic carbocycles. The third kappa shape index (κ3) is 4.84. The highest BCUT2D eigenvalue weighted by molar-refractivity contribution is 7.89. The number of carbonyl (C=O) groups excluding carboxylic acids is 1. The lowest BCUT2D eigenvalue weighted by Gasteiger charge is -2.26. The number of sulfonamides is 1. The number of amides is 1. The van der Waals surface area contributed by atoms with Crippen molar-refractivity contribution < 1.29 is 17.9 Å². The number of nitrogens with one attached hydrogen (secondary N) is 1. The first kappa shape index (κ1) is 22.0. The molecule has 32 heavy (non-hydrogen) atoms. The van der Waals surface area contributed by atoms with E-state index in [1.165, 1.54) is 17.5 Å². The number of nitrogens with zero attached hydrogens (tertiary/aromatic N) is 1. The van der Waals surface area contributed by atoms with Crippen molar-refractivity contribution in [3.63, 3.8) is 0 Å². The number of hydrogen-bond acceptors (Lipinski definition) is 4. The van der Waals surface area contributed by atoms with Crippen molar-refractivity contribution in [3.05, 3.63) is 72.3 Å². The van der Waals surface area contributed by atoms with Crippen LogP contribution in [0, 0.1) is 0 Å². The zero-order valence-corrected chi connectivity index (χ0v) is 18.8. The molecule has 1 fully saturated rings. The SMILES string of the molecule is COc1ccc(/C=C/C(=O)Nc2ccc3ccccc3c2)cc1S(=O)(=O)N1CCCCC1. The quantitative estimate of drug-likeness (QED) is 0.554. The Hall–Kier alpha value is -3.16. The standard InChI is InChI=1S/C25H26N2O4S/c1-31-23-13-9-19(17-24(23)32(29,30)27-15-5-2-6-16-27)10-14-25(28)26-22-12-11-20-7-3-4-8-21(20)18-22/h3-4,7-14,17-18H,2,5-6,15-16H2,1H3,(H,26,28)/b14-10+. The second-order valence-electron chi connectivity index (χ2n) is 7.76. The van der Waals surface area contributed by atoms with Gasteiger partial charge in [-0.25, -0.2) is 8.42 Å². The largest absolute Gasteiger partial charge is 0.495 e. The Balaban J connectivity index is 1.53. The number of rotatable bonds is 6. The van der Waals surface area contributed by atoms with Gasteiger partial charge in [-0.3, -0.25) is 4.79 Å². The molecule has 1 aliphatic rings. The number of benzene rings is 3. The van der Waals surface area contributed by atoms with Gasteiger partial charge in [-0.2, -0.15) is 4.31 Å². The maximum absolute atomic E-state index is 13.1. The summed E-state index contributed by atoms with van der Waals surface area (Å²) in [4.78, 5) is 12.5. The van der Waals surface area contributed by atoms with Gasteiger partial charge in [0, 0.05) is 24.9 Å². The first-order chi connectivity index (χ1) is 15.5. The van der Waals surface area contributed by atoms with Crippen molar-refractivity contribution in [2.45, 2.75) is 24.2 Å². The van der Waals surface area contributed by atoms with Crippen LogP contribution in [0.2, 0.25) is 0 Å². The molecule has 0 spiro atoms. The molecule has 7 heteroatoms. The zero-order chi connectivity index (χ0) is 22.6. The lowest BCUT2D eigenvalue weighted by atomic mass is 10.1. The predicted molar refractivity (Wildman–Crippen MR) is 127 cm³/mol. The van der Waals surface area contributed by atoms with Gasteiger partial charge in [0.05, 0.1) is 7.11 Å². The van der Waals surface area contributed by atoms with E-state index in [9.17, 15) is 13.2 Å². The summed E-state index contributed by atoms with van der Waals surface area (Å²) in [6.45, 7) is 1.03. The van der Waals surface area contributed by atoms with Crippen molar-refractivity contribution >= 4 is 38.5 Å². The molecule has 1 saturated heterocycles. The van der Waals surface area contributed by atoms with Gasteiger partial charge >= 0.3 is 0 Å². The maximum atomic E-state index is 13.1. The van der Waals surface area contributed by atoms with Crippen LogP contribution in [0.4, 0.5) is 5.69 Å². The van der Waals surface area contributed by atoms with Gasteiger partial charge in [0.1, 0.15) is 10.6 Å². The molecule has 3 aromatic rings. The molecule has 1 heterocycles. The zero-order valence-electron chi connectivity index (χ0n) is 18.0. The van der Waals surface area contributed by atoms with Crippen LogP contribution in [0.3, 0.4) is 0 Å². The minimum atomic E-state index is -3.66. The van der Waals surface area contributed by atoms with Gasteiger partial charge in [0.2, 0.25) is 15.9 Å². The number of fused-ring (bicyclic) bond motifs is 1. The van der Waals surface area contributed by atoms with Crippen molar-refractivity contribution in [3.8, 4) is 5.75 Å². The number of methoxy groups -OCH3 is 1. The summed E-state index contributed by atoms with van der Waals surface area (Å²) in [5, 5.41) is 4.98. The summed E-state index contributed by atoms with van der Waals surface area (Å²) >= 11 is 0. The summed E-state index contributed by atoms with van der Waals surface area (Å²) in [5.41, 5.74) is 1.30. The van der Waals surface area contributed by atoms with E-state index in [2.05, 4.69) is 5.32 Å². The molecule has 0 atom stereocenters. The molecule has 1 amide bonds. The van der Waals surface area contributed by atoms with E-state index in [4.69, 9.17) is 4.74 Å². The summed E-state index contributed by atoms with van der Waals surface area (Å²) in [6.07, 6.45) is 5.75. The molecule has 4 rings (SSSR count). The van der Waals surface area contributed by atoms with E-state index >= 15 is 0 Å². The Kier molecular flexibility index (Phi) is 6.58. The summed E-state index contributed by atoms with van der Waals surface area (Å²) < 4.78 is 33.1. The van der Waals surface area contributed by atoms with E-state index in [-0.39, 0.29) is 10.8 Å². The summed E-state index contributed by atoms with van der Waals surface area (Å²) in [5.74, 6) is 0.00451. The molecule has 166 valence electrons. The smallest absolute Gasteiger partial charge is 0.248 e. The monoisotopic (exact) mass is 450 g/mol. The molecule has 0 bridgehead atoms. The first-order valence-corrected chi connectivity index (χ1v) is 12.1. The maximum Gasteiger partial charge on any atom is 0.248 e. The van der Waals surface area contributed by atoms with Crippen LogP contribution >= 0.6 is 0 Å². The molecule has 1 aliphatic heterocycles. The van der Waals surface area contributed by atoms with Crippen LogP contribution in [0.15, 0.2) is 71.6 Å². The fourth-order valence-corrected chi connectivity index (χ4v) is 5.57. The van der Waals surface area contributed by atoms with Crippen molar-refractivity contribution in [2.75, 3.05) is 25.5 Å². The highest BCUT2D eigenvalue weighted by atomic mass is 32.2. The van der Waals surface area contributed by atoms with Crippen molar-refractivity contribution in [1.29, 1.82) is 0 Å². The topological polar surface area (TPSA) is 75.7 Å². The Morgan fingerprint density at radius 2 is 1.72 bits per heavy atom. The minimum Gasteiger partial charge on any atom is -0.495 e. The number of anilines is 1. The molecule has 0 unspecified atom stereocenters. The molecular weight excluding hydrogens is 424 g/mol. The van der Waals surface area contributed by atoms with Gasteiger partial charge in [0.15, 0.2) is 0 Å². The molecule has 0 radical (unpaired) electrons. The van der Waals surface area contributed by atoms with E-state index in [1.54, 1.807) is 24.3 Å². The normalized spacial score (nSPS) is 15.2. The number of piperidine rings is 1. The molecule has 6 nitrogen and oxygen atoms in total. The Morgan fingerprint density at radius 3 is 2.47 bits per heavy atom. The highest BCUT2D eigenvalue weighted by Crippen LogP contribution is 2.30. The first-order valence-electron chi connectivity index (χ1n) is 10.6. The second kappa shape index (κ2) is 9.54. The second-order valence-corrected chi connectivity index (χ2v) is 9.67. The van der Waals surface area contributed by atoms with Crippen LogP contribution < -0.4 is 10.1 Å². The van der Waals surface area contributed by atoms with E-state index in [1.807, 2.05) is 42.5 Å². The fourth-order valence-electron chi connectivity index (χ4n) is 3.87. The van der Waals surface area contributed by atoms with Crippen LogP contribution in [-0.2, 0) is 14.8 Å². The van der Waals surface area contributed by atoms with Crippen LogP contribution in [0.5, 0.6) is 5.75 Å². The average Bonchev–Trinajstić information content (AvgIpc) is 2.83. The summed E-state index contributed by atoms with van der Waals surface area (Å²) in [7, 11) is -2.21. The van der Waals surface area contributed by atoms with Crippen LogP contribution in [-0.4, -0.2) is 38.8 Å². The number of hydrogen-bond donors (Lipinski definition) is 1. The third-order valence-electron chi connectivity index (χ3n) is 5.56. The molecular formula is C25H26N2O4S. The number of ether oxygens (including phenoxy) is 1. The van der Waals surface area contributed by atoms with Crippen LogP contribution in [0.1, 0.15) is 24.8 Å². The van der Waals surface area contributed by atoms with Crippen LogP contribution in [0.25, 0.3) is 16.8 Å². The lowest BCUT2D eigenvalue weighted by Crippen LogP contribution is -2.35. The van der Waals surface area contributed by atoms with E-state index < -0.39 is 10.0 Å². The van der Waals surface area contributed by atoms with E-state index in [0.717, 1.165) is 30.0 Å². The summed E-state index contributed by atoms with van der Waals surface area (Å²) in [6, 6.07) is 18.6. The molecule has 0 saturated carbocycles. The Morgan fingerprint density at radius 1 is 0.969 bits per heavy atom. The molecule has 0 aromatic heterocycles. The molecule has 1 N–H and O–H groups in total. The average molecular weight is 451 g/mol. The van der Waals surface area contributed by atoms with Crippen molar-refractivity contribution in [1.82, 2.24) is 4.31 Å².